The first-order chi connectivity index (χ1) is 11.0. The molecule has 128 valence electrons. The van der Waals surface area contributed by atoms with Gasteiger partial charge in [0, 0.05) is 13.1 Å². The van der Waals surface area contributed by atoms with Gasteiger partial charge >= 0.3 is 0 Å². The summed E-state index contributed by atoms with van der Waals surface area (Å²) in [6.07, 6.45) is 3.60. The van der Waals surface area contributed by atoms with Crippen molar-refractivity contribution in [3.63, 3.8) is 0 Å². The van der Waals surface area contributed by atoms with Crippen LogP contribution < -0.4 is 10.6 Å². The molecule has 6 heteroatoms. The number of piperidine rings is 1. The molecule has 23 heavy (non-hydrogen) atoms. The van der Waals surface area contributed by atoms with Crippen molar-refractivity contribution in [2.75, 3.05) is 26.7 Å². The maximum atomic E-state index is 12.9. The first-order valence-corrected chi connectivity index (χ1v) is 8.30. The third-order valence-electron chi connectivity index (χ3n) is 4.29. The van der Waals surface area contributed by atoms with Gasteiger partial charge in [0.15, 0.2) is 5.76 Å². The predicted molar refractivity (Wildman–Crippen MR) is 88.0 cm³/mol. The van der Waals surface area contributed by atoms with E-state index >= 15 is 0 Å². The second kappa shape index (κ2) is 8.15. The van der Waals surface area contributed by atoms with Crippen LogP contribution in [0.25, 0.3) is 0 Å². The molecule has 1 saturated heterocycles. The van der Waals surface area contributed by atoms with E-state index in [-0.39, 0.29) is 23.5 Å². The molecule has 0 saturated carbocycles. The topological polar surface area (TPSA) is 74.6 Å². The molecule has 2 heterocycles. The van der Waals surface area contributed by atoms with E-state index in [0.717, 1.165) is 32.5 Å². The van der Waals surface area contributed by atoms with Gasteiger partial charge < -0.3 is 20.0 Å². The third-order valence-corrected chi connectivity index (χ3v) is 4.29. The fourth-order valence-electron chi connectivity index (χ4n) is 3.05. The highest BCUT2D eigenvalue weighted by Crippen LogP contribution is 2.18. The Balaban J connectivity index is 2.01. The first kappa shape index (κ1) is 17.5. The quantitative estimate of drug-likeness (QED) is 0.832. The van der Waals surface area contributed by atoms with Crippen LogP contribution in [0.1, 0.15) is 37.2 Å². The molecule has 1 fully saturated rings. The second-order valence-corrected chi connectivity index (χ2v) is 6.52. The van der Waals surface area contributed by atoms with Crippen LogP contribution in [0.2, 0.25) is 0 Å². The Bertz CT molecular complexity index is 511. The highest BCUT2D eigenvalue weighted by molar-refractivity contribution is 5.95. The number of nitrogens with zero attached hydrogens (tertiary/aromatic N) is 1. The van der Waals surface area contributed by atoms with Crippen LogP contribution in [0.3, 0.4) is 0 Å². The summed E-state index contributed by atoms with van der Waals surface area (Å²) in [5, 5.41) is 6.00. The number of rotatable bonds is 6. The lowest BCUT2D eigenvalue weighted by Crippen LogP contribution is -2.54. The van der Waals surface area contributed by atoms with Gasteiger partial charge in [0.25, 0.3) is 5.91 Å². The maximum Gasteiger partial charge on any atom is 0.287 e. The van der Waals surface area contributed by atoms with Crippen molar-refractivity contribution in [1.82, 2.24) is 15.5 Å². The van der Waals surface area contributed by atoms with Crippen molar-refractivity contribution in [2.24, 2.45) is 11.8 Å². The Labute approximate surface area is 137 Å². The molecule has 1 aliphatic heterocycles. The van der Waals surface area contributed by atoms with Gasteiger partial charge in [-0.15, -0.1) is 0 Å². The molecule has 2 amide bonds. The monoisotopic (exact) mass is 321 g/mol. The van der Waals surface area contributed by atoms with E-state index in [9.17, 15) is 9.59 Å². The molecule has 1 aromatic heterocycles. The minimum absolute atomic E-state index is 0.000657. The van der Waals surface area contributed by atoms with Crippen LogP contribution in [0, 0.1) is 11.8 Å². The van der Waals surface area contributed by atoms with Gasteiger partial charge in [-0.25, -0.2) is 0 Å². The highest BCUT2D eigenvalue weighted by Gasteiger charge is 2.32. The summed E-state index contributed by atoms with van der Waals surface area (Å²) in [6.45, 7) is 6.31. The minimum atomic E-state index is -0.527. The van der Waals surface area contributed by atoms with Crippen LogP contribution >= 0.6 is 0 Å². The zero-order chi connectivity index (χ0) is 16.8. The standard InChI is InChI=1S/C17H27N3O3/c1-12(2)15(19-16(21)14-7-5-9-23-14)17(22)20-8-4-6-13(11-20)10-18-3/h5,7,9,12-13,15,18H,4,6,8,10-11H2,1-3H3,(H,19,21). The van der Waals surface area contributed by atoms with Crippen LogP contribution in [0.4, 0.5) is 0 Å². The Morgan fingerprint density at radius 1 is 1.43 bits per heavy atom. The molecule has 1 aromatic rings. The number of hydrogen-bond acceptors (Lipinski definition) is 4. The van der Waals surface area contributed by atoms with Crippen molar-refractivity contribution >= 4 is 11.8 Å². The summed E-state index contributed by atoms with van der Waals surface area (Å²) in [4.78, 5) is 26.9. The molecule has 2 atom stereocenters. The van der Waals surface area contributed by atoms with Crippen LogP contribution in [-0.2, 0) is 4.79 Å². The predicted octanol–water partition coefficient (Wildman–Crippen LogP) is 1.49. The Kier molecular flexibility index (Phi) is 6.21. The molecule has 6 nitrogen and oxygen atoms in total. The number of furan rings is 1. The smallest absolute Gasteiger partial charge is 0.287 e. The van der Waals surface area contributed by atoms with Crippen LogP contribution in [0.5, 0.6) is 0 Å². The number of carbonyl (C=O) groups is 2. The van der Waals surface area contributed by atoms with E-state index in [0.29, 0.717) is 5.92 Å². The zero-order valence-electron chi connectivity index (χ0n) is 14.2. The summed E-state index contributed by atoms with van der Waals surface area (Å²) in [7, 11) is 1.93. The van der Waals surface area contributed by atoms with Gasteiger partial charge in [-0.05, 0) is 50.4 Å². The van der Waals surface area contributed by atoms with E-state index in [2.05, 4.69) is 10.6 Å². The number of amides is 2. The number of nitrogens with one attached hydrogen (secondary N) is 2. The van der Waals surface area contributed by atoms with E-state index in [4.69, 9.17) is 4.42 Å². The van der Waals surface area contributed by atoms with Crippen molar-refractivity contribution in [3.8, 4) is 0 Å². The molecule has 2 unspecified atom stereocenters. The summed E-state index contributed by atoms with van der Waals surface area (Å²) >= 11 is 0. The summed E-state index contributed by atoms with van der Waals surface area (Å²) in [5.41, 5.74) is 0. The number of hydrogen-bond donors (Lipinski definition) is 2. The largest absolute Gasteiger partial charge is 0.459 e. The lowest BCUT2D eigenvalue weighted by Gasteiger charge is -2.36. The van der Waals surface area contributed by atoms with E-state index < -0.39 is 6.04 Å². The lowest BCUT2D eigenvalue weighted by molar-refractivity contribution is -0.136. The van der Waals surface area contributed by atoms with Gasteiger partial charge in [0.1, 0.15) is 6.04 Å². The van der Waals surface area contributed by atoms with Gasteiger partial charge in [-0.2, -0.15) is 0 Å². The molecule has 0 radical (unpaired) electrons. The number of likely N-dealkylation sites (tertiary alicyclic amines) is 1. The Morgan fingerprint density at radius 3 is 2.83 bits per heavy atom. The van der Waals surface area contributed by atoms with Gasteiger partial charge in [-0.3, -0.25) is 9.59 Å². The highest BCUT2D eigenvalue weighted by atomic mass is 16.3. The molecule has 0 aliphatic carbocycles. The lowest BCUT2D eigenvalue weighted by atomic mass is 9.95. The second-order valence-electron chi connectivity index (χ2n) is 6.52. The van der Waals surface area contributed by atoms with Crippen molar-refractivity contribution in [2.45, 2.75) is 32.7 Å². The third kappa shape index (κ3) is 4.58. The van der Waals surface area contributed by atoms with Crippen molar-refractivity contribution in [3.05, 3.63) is 24.2 Å². The van der Waals surface area contributed by atoms with Crippen molar-refractivity contribution < 1.29 is 14.0 Å². The van der Waals surface area contributed by atoms with Gasteiger partial charge in [-0.1, -0.05) is 13.8 Å². The van der Waals surface area contributed by atoms with E-state index in [1.807, 2.05) is 25.8 Å². The SMILES string of the molecule is CNCC1CCCN(C(=O)C(NC(=O)c2ccco2)C(C)C)C1. The Morgan fingerprint density at radius 2 is 2.22 bits per heavy atom. The minimum Gasteiger partial charge on any atom is -0.459 e. The van der Waals surface area contributed by atoms with Crippen molar-refractivity contribution in [1.29, 1.82) is 0 Å². The summed E-state index contributed by atoms with van der Waals surface area (Å²) in [6, 6.07) is 2.73. The van der Waals surface area contributed by atoms with E-state index in [1.165, 1.54) is 6.26 Å². The fourth-order valence-corrected chi connectivity index (χ4v) is 3.05. The molecule has 0 bridgehead atoms. The molecular formula is C17H27N3O3. The molecule has 0 aromatic carbocycles. The van der Waals surface area contributed by atoms with Crippen LogP contribution in [-0.4, -0.2) is 49.4 Å². The molecule has 0 spiro atoms. The Hall–Kier alpha value is -1.82. The van der Waals surface area contributed by atoms with E-state index in [1.54, 1.807) is 12.1 Å². The molecular weight excluding hydrogens is 294 g/mol. The van der Waals surface area contributed by atoms with Gasteiger partial charge in [0.2, 0.25) is 5.91 Å². The normalized spacial score (nSPS) is 19.7. The average Bonchev–Trinajstić information content (AvgIpc) is 3.06. The average molecular weight is 321 g/mol. The van der Waals surface area contributed by atoms with Crippen LogP contribution in [0.15, 0.2) is 22.8 Å². The molecule has 1 aliphatic rings. The first-order valence-electron chi connectivity index (χ1n) is 8.30. The number of carbonyl (C=O) groups excluding carboxylic acids is 2. The van der Waals surface area contributed by atoms with Gasteiger partial charge in [0.05, 0.1) is 6.26 Å². The zero-order valence-corrected chi connectivity index (χ0v) is 14.2. The fraction of sp³-hybridized carbons (Fsp3) is 0.647. The summed E-state index contributed by atoms with van der Waals surface area (Å²) in [5.74, 6) is 0.388. The maximum absolute atomic E-state index is 12.9. The molecule has 2 N–H and O–H groups in total. The summed E-state index contributed by atoms with van der Waals surface area (Å²) < 4.78 is 5.10. The molecule has 2 rings (SSSR count).